The number of aryl methyl sites for hydroxylation is 1. The Labute approximate surface area is 211 Å². The molecule has 192 valence electrons. The highest BCUT2D eigenvalue weighted by molar-refractivity contribution is 6.62. The third kappa shape index (κ3) is 4.34. The van der Waals surface area contributed by atoms with Crippen molar-refractivity contribution < 1.29 is 18.5 Å². The molecule has 1 atom stereocenters. The number of carbonyl (C=O) groups excluding carboxylic acids is 1. The first-order valence-corrected chi connectivity index (χ1v) is 12.8. The molecule has 0 radical (unpaired) electrons. The fourth-order valence-corrected chi connectivity index (χ4v) is 5.22. The van der Waals surface area contributed by atoms with E-state index in [2.05, 4.69) is 27.3 Å². The van der Waals surface area contributed by atoms with Gasteiger partial charge in [-0.3, -0.25) is 9.48 Å². The van der Waals surface area contributed by atoms with Gasteiger partial charge in [0.1, 0.15) is 17.0 Å². The van der Waals surface area contributed by atoms with Gasteiger partial charge in [0.05, 0.1) is 22.8 Å². The third-order valence-electron chi connectivity index (χ3n) is 8.31. The van der Waals surface area contributed by atoms with Crippen LogP contribution >= 0.6 is 0 Å². The highest BCUT2D eigenvalue weighted by Crippen LogP contribution is 2.38. The minimum Gasteiger partial charge on any atom is -0.399 e. The summed E-state index contributed by atoms with van der Waals surface area (Å²) in [4.78, 5) is 21.1. The topological polar surface area (TPSA) is 94.1 Å². The number of aromatic nitrogens is 4. The van der Waals surface area contributed by atoms with Gasteiger partial charge in [0.2, 0.25) is 0 Å². The number of imidazole rings is 1. The van der Waals surface area contributed by atoms with Crippen molar-refractivity contribution >= 4 is 29.5 Å². The number of carbonyl (C=O) groups is 1. The predicted molar refractivity (Wildman–Crippen MR) is 136 cm³/mol. The standard InChI is InChI=1S/C26H35BFN5O3/c1-15-7-9-16(10-8-15)21(32-24(34)19-13-14-29-33(19)6)23-30-18-12-11-17(20(28)22(18)31-23)27-35-25(2,3)26(4,5)36-27/h11-16,21H,7-10H2,1-6H3,(H,30,31)(H,32,34). The van der Waals surface area contributed by atoms with E-state index in [9.17, 15) is 4.79 Å². The van der Waals surface area contributed by atoms with Gasteiger partial charge in [-0.1, -0.05) is 25.8 Å². The molecular formula is C26H35BFN5O3. The van der Waals surface area contributed by atoms with Gasteiger partial charge >= 0.3 is 7.12 Å². The Morgan fingerprint density at radius 2 is 1.83 bits per heavy atom. The first-order chi connectivity index (χ1) is 17.0. The van der Waals surface area contributed by atoms with Crippen LogP contribution in [0.5, 0.6) is 0 Å². The molecule has 2 N–H and O–H groups in total. The van der Waals surface area contributed by atoms with Crippen molar-refractivity contribution in [3.8, 4) is 0 Å². The first-order valence-electron chi connectivity index (χ1n) is 12.8. The minimum atomic E-state index is -0.820. The molecule has 5 rings (SSSR count). The van der Waals surface area contributed by atoms with E-state index in [1.807, 2.05) is 27.7 Å². The smallest absolute Gasteiger partial charge is 0.399 e. The molecule has 1 aliphatic carbocycles. The summed E-state index contributed by atoms with van der Waals surface area (Å²) in [5.41, 5.74) is 0.438. The van der Waals surface area contributed by atoms with Crippen LogP contribution in [0, 0.1) is 17.7 Å². The summed E-state index contributed by atoms with van der Waals surface area (Å²) in [5.74, 6) is 0.722. The van der Waals surface area contributed by atoms with Gasteiger partial charge in [-0.2, -0.15) is 5.10 Å². The molecule has 0 spiro atoms. The SMILES string of the molecule is CC1CCC(C(NC(=O)c2ccnn2C)c2nc3c(F)c(B4OC(C)(C)C(C)(C)O4)ccc3[nH]2)CC1. The number of hydrogen-bond acceptors (Lipinski definition) is 5. The number of halogens is 1. The number of hydrogen-bond donors (Lipinski definition) is 2. The van der Waals surface area contributed by atoms with E-state index in [0.29, 0.717) is 28.4 Å². The first kappa shape index (κ1) is 25.0. The summed E-state index contributed by atoms with van der Waals surface area (Å²) < 4.78 is 29.5. The normalized spacial score (nSPS) is 24.2. The fraction of sp³-hybridized carbons (Fsp3) is 0.577. The number of amides is 1. The van der Waals surface area contributed by atoms with Crippen LogP contribution in [-0.2, 0) is 16.4 Å². The molecule has 1 saturated heterocycles. The molecule has 2 aromatic heterocycles. The molecular weight excluding hydrogens is 460 g/mol. The number of H-pyrrole nitrogens is 1. The van der Waals surface area contributed by atoms with Crippen LogP contribution < -0.4 is 10.8 Å². The van der Waals surface area contributed by atoms with Crippen molar-refractivity contribution in [2.75, 3.05) is 0 Å². The molecule has 0 bridgehead atoms. The van der Waals surface area contributed by atoms with Crippen molar-refractivity contribution in [1.29, 1.82) is 0 Å². The van der Waals surface area contributed by atoms with Gasteiger partial charge < -0.3 is 19.6 Å². The number of benzene rings is 1. The lowest BCUT2D eigenvalue weighted by Gasteiger charge is -2.32. The Morgan fingerprint density at radius 1 is 1.17 bits per heavy atom. The van der Waals surface area contributed by atoms with Crippen molar-refractivity contribution in [2.24, 2.45) is 18.9 Å². The summed E-state index contributed by atoms with van der Waals surface area (Å²) in [6.07, 6.45) is 5.71. The predicted octanol–water partition coefficient (Wildman–Crippen LogP) is 4.03. The summed E-state index contributed by atoms with van der Waals surface area (Å²) in [7, 11) is 0.916. The van der Waals surface area contributed by atoms with E-state index >= 15 is 4.39 Å². The second kappa shape index (κ2) is 8.99. The average molecular weight is 495 g/mol. The Kier molecular flexibility index (Phi) is 6.23. The van der Waals surface area contributed by atoms with E-state index in [0.717, 1.165) is 25.7 Å². The third-order valence-corrected chi connectivity index (χ3v) is 8.31. The monoisotopic (exact) mass is 495 g/mol. The number of rotatable bonds is 5. The molecule has 36 heavy (non-hydrogen) atoms. The molecule has 2 fully saturated rings. The molecule has 1 aromatic carbocycles. The summed E-state index contributed by atoms with van der Waals surface area (Å²) in [6, 6.07) is 4.81. The van der Waals surface area contributed by atoms with Gasteiger partial charge in [0.25, 0.3) is 5.91 Å². The van der Waals surface area contributed by atoms with Crippen molar-refractivity contribution in [3.05, 3.63) is 41.7 Å². The van der Waals surface area contributed by atoms with Crippen molar-refractivity contribution in [2.45, 2.75) is 77.5 Å². The zero-order chi connectivity index (χ0) is 25.8. The lowest BCUT2D eigenvalue weighted by atomic mass is 9.78. The van der Waals surface area contributed by atoms with E-state index in [-0.39, 0.29) is 23.4 Å². The Hall–Kier alpha value is -2.72. The van der Waals surface area contributed by atoms with Gasteiger partial charge in [0.15, 0.2) is 5.82 Å². The molecule has 3 aromatic rings. The molecule has 2 aliphatic rings. The summed E-state index contributed by atoms with van der Waals surface area (Å²) in [5, 5.41) is 7.28. The highest BCUT2D eigenvalue weighted by atomic mass is 19.1. The number of aromatic amines is 1. The van der Waals surface area contributed by atoms with Crippen LogP contribution in [-0.4, -0.2) is 44.0 Å². The van der Waals surface area contributed by atoms with Crippen LogP contribution in [0.4, 0.5) is 4.39 Å². The van der Waals surface area contributed by atoms with Gasteiger partial charge in [-0.05, 0) is 64.5 Å². The van der Waals surface area contributed by atoms with E-state index < -0.39 is 24.1 Å². The van der Waals surface area contributed by atoms with Crippen LogP contribution in [0.25, 0.3) is 11.0 Å². The fourth-order valence-electron chi connectivity index (χ4n) is 5.22. The lowest BCUT2D eigenvalue weighted by Crippen LogP contribution is -2.41. The zero-order valence-corrected chi connectivity index (χ0v) is 21.9. The molecule has 3 heterocycles. The van der Waals surface area contributed by atoms with Crippen molar-refractivity contribution in [3.63, 3.8) is 0 Å². The minimum absolute atomic E-state index is 0.199. The van der Waals surface area contributed by atoms with Gasteiger partial charge in [-0.15, -0.1) is 0 Å². The van der Waals surface area contributed by atoms with E-state index in [1.165, 1.54) is 0 Å². The van der Waals surface area contributed by atoms with Crippen LogP contribution in [0.3, 0.4) is 0 Å². The second-order valence-electron chi connectivity index (χ2n) is 11.4. The zero-order valence-electron chi connectivity index (χ0n) is 21.9. The van der Waals surface area contributed by atoms with Crippen LogP contribution in [0.15, 0.2) is 24.4 Å². The average Bonchev–Trinajstić information content (AvgIpc) is 3.49. The van der Waals surface area contributed by atoms with E-state index in [1.54, 1.807) is 36.1 Å². The number of nitrogens with zero attached hydrogens (tertiary/aromatic N) is 3. The van der Waals surface area contributed by atoms with Crippen LogP contribution in [0.1, 0.15) is 82.7 Å². The summed E-state index contributed by atoms with van der Waals surface area (Å²) in [6.45, 7) is 10.0. The second-order valence-corrected chi connectivity index (χ2v) is 11.4. The number of nitrogens with one attached hydrogen (secondary N) is 2. The maximum Gasteiger partial charge on any atom is 0.497 e. The molecule has 1 amide bonds. The largest absolute Gasteiger partial charge is 0.497 e. The summed E-state index contributed by atoms with van der Waals surface area (Å²) >= 11 is 0. The van der Waals surface area contributed by atoms with Crippen LogP contribution in [0.2, 0.25) is 0 Å². The van der Waals surface area contributed by atoms with Crippen molar-refractivity contribution in [1.82, 2.24) is 25.1 Å². The maximum absolute atomic E-state index is 15.8. The molecule has 1 unspecified atom stereocenters. The van der Waals surface area contributed by atoms with E-state index in [4.69, 9.17) is 9.31 Å². The van der Waals surface area contributed by atoms with Gasteiger partial charge in [0, 0.05) is 18.7 Å². The lowest BCUT2D eigenvalue weighted by molar-refractivity contribution is 0.00578. The quantitative estimate of drug-likeness (QED) is 0.522. The Morgan fingerprint density at radius 3 is 2.44 bits per heavy atom. The molecule has 1 aliphatic heterocycles. The molecule has 1 saturated carbocycles. The molecule has 8 nitrogen and oxygen atoms in total. The maximum atomic E-state index is 15.8. The van der Waals surface area contributed by atoms with Gasteiger partial charge in [-0.25, -0.2) is 9.37 Å². The Bertz CT molecular complexity index is 1260. The number of fused-ring (bicyclic) bond motifs is 1. The highest BCUT2D eigenvalue weighted by Gasteiger charge is 2.52. The Balaban J connectivity index is 1.49. The molecule has 10 heteroatoms.